The van der Waals surface area contributed by atoms with Gasteiger partial charge in [0.2, 0.25) is 5.89 Å². The summed E-state index contributed by atoms with van der Waals surface area (Å²) >= 11 is 0. The van der Waals surface area contributed by atoms with Crippen LogP contribution in [0.5, 0.6) is 5.75 Å². The summed E-state index contributed by atoms with van der Waals surface area (Å²) in [6.45, 7) is 3.32. The molecule has 35 heavy (non-hydrogen) atoms. The average molecular weight is 489 g/mol. The number of halogens is 3. The number of carbonyl (C=O) groups excluding carboxylic acids is 1. The highest BCUT2D eigenvalue weighted by atomic mass is 19.4. The van der Waals surface area contributed by atoms with Gasteiger partial charge in [-0.15, -0.1) is 0 Å². The lowest BCUT2D eigenvalue weighted by Crippen LogP contribution is -2.44. The van der Waals surface area contributed by atoms with Crippen molar-refractivity contribution in [3.8, 4) is 17.2 Å². The van der Waals surface area contributed by atoms with Crippen LogP contribution >= 0.6 is 0 Å². The first-order valence-corrected chi connectivity index (χ1v) is 11.4. The SMILES string of the molecule is COC(=O)[C@H]1CCCCN1Cc1cccc(OCc2oc(-c3ccc(C(F)(F)F)cc3)nc2C)c1. The number of methoxy groups -OCH3 is 1. The molecule has 9 heteroatoms. The molecule has 0 amide bonds. The molecule has 0 aliphatic carbocycles. The molecule has 0 bridgehead atoms. The second-order valence-corrected chi connectivity index (χ2v) is 8.54. The maximum Gasteiger partial charge on any atom is 0.416 e. The molecule has 1 fully saturated rings. The highest BCUT2D eigenvalue weighted by Crippen LogP contribution is 2.31. The summed E-state index contributed by atoms with van der Waals surface area (Å²) in [6.07, 6.45) is -1.57. The van der Waals surface area contributed by atoms with E-state index in [1.807, 2.05) is 24.3 Å². The number of piperidine rings is 1. The van der Waals surface area contributed by atoms with E-state index in [9.17, 15) is 18.0 Å². The topological polar surface area (TPSA) is 64.8 Å². The minimum absolute atomic E-state index is 0.122. The van der Waals surface area contributed by atoms with Crippen LogP contribution in [0.4, 0.5) is 13.2 Å². The minimum Gasteiger partial charge on any atom is -0.486 e. The Kier molecular flexibility index (Phi) is 7.45. The number of rotatable bonds is 7. The molecule has 1 aliphatic rings. The molecule has 0 unspecified atom stereocenters. The Balaban J connectivity index is 1.41. The maximum absolute atomic E-state index is 12.8. The molecule has 1 aromatic heterocycles. The number of carbonyl (C=O) groups is 1. The summed E-state index contributed by atoms with van der Waals surface area (Å²) in [5.41, 5.74) is 1.34. The van der Waals surface area contributed by atoms with E-state index in [1.54, 1.807) is 6.92 Å². The van der Waals surface area contributed by atoms with E-state index in [1.165, 1.54) is 19.2 Å². The predicted molar refractivity (Wildman–Crippen MR) is 123 cm³/mol. The van der Waals surface area contributed by atoms with Crippen molar-refractivity contribution in [3.63, 3.8) is 0 Å². The second-order valence-electron chi connectivity index (χ2n) is 8.54. The lowest BCUT2D eigenvalue weighted by Gasteiger charge is -2.33. The summed E-state index contributed by atoms with van der Waals surface area (Å²) in [5.74, 6) is 1.16. The van der Waals surface area contributed by atoms with Crippen LogP contribution in [-0.2, 0) is 28.9 Å². The first-order valence-electron chi connectivity index (χ1n) is 11.4. The summed E-state index contributed by atoms with van der Waals surface area (Å²) in [4.78, 5) is 18.6. The zero-order valence-electron chi connectivity index (χ0n) is 19.6. The fraction of sp³-hybridized carbons (Fsp3) is 0.385. The number of esters is 1. The number of benzene rings is 2. The van der Waals surface area contributed by atoms with E-state index in [0.717, 1.165) is 43.5 Å². The number of alkyl halides is 3. The number of oxazole rings is 1. The Bertz CT molecular complexity index is 1160. The highest BCUT2D eigenvalue weighted by Gasteiger charge is 2.30. The second kappa shape index (κ2) is 10.5. The van der Waals surface area contributed by atoms with Gasteiger partial charge in [-0.1, -0.05) is 18.6 Å². The van der Waals surface area contributed by atoms with Crippen LogP contribution in [0.15, 0.2) is 52.9 Å². The molecule has 2 heterocycles. The molecule has 0 spiro atoms. The van der Waals surface area contributed by atoms with Crippen molar-refractivity contribution in [1.29, 1.82) is 0 Å². The van der Waals surface area contributed by atoms with Gasteiger partial charge in [0.25, 0.3) is 0 Å². The third-order valence-corrected chi connectivity index (χ3v) is 6.09. The molecule has 0 radical (unpaired) electrons. The number of nitrogens with zero attached hydrogens (tertiary/aromatic N) is 2. The predicted octanol–water partition coefficient (Wildman–Crippen LogP) is 5.78. The Labute approximate surface area is 201 Å². The monoisotopic (exact) mass is 488 g/mol. The lowest BCUT2D eigenvalue weighted by molar-refractivity contribution is -0.148. The van der Waals surface area contributed by atoms with Crippen LogP contribution in [0.1, 0.15) is 41.8 Å². The summed E-state index contributed by atoms with van der Waals surface area (Å²) in [6, 6.07) is 12.1. The van der Waals surface area contributed by atoms with E-state index in [2.05, 4.69) is 9.88 Å². The molecular formula is C26H27F3N2O4. The van der Waals surface area contributed by atoms with Crippen molar-refractivity contribution in [2.24, 2.45) is 0 Å². The van der Waals surface area contributed by atoms with Crippen molar-refractivity contribution in [2.75, 3.05) is 13.7 Å². The van der Waals surface area contributed by atoms with E-state index < -0.39 is 11.7 Å². The number of ether oxygens (including phenoxy) is 2. The van der Waals surface area contributed by atoms with Crippen molar-refractivity contribution >= 4 is 5.97 Å². The summed E-state index contributed by atoms with van der Waals surface area (Å²) in [7, 11) is 1.41. The summed E-state index contributed by atoms with van der Waals surface area (Å²) in [5, 5.41) is 0. The van der Waals surface area contributed by atoms with Crippen molar-refractivity contribution in [3.05, 3.63) is 71.1 Å². The molecule has 1 saturated heterocycles. The number of likely N-dealkylation sites (tertiary alicyclic amines) is 1. The van der Waals surface area contributed by atoms with Gasteiger partial charge in [-0.05, 0) is 68.3 Å². The first kappa shape index (κ1) is 24.8. The van der Waals surface area contributed by atoms with Crippen LogP contribution in [0.25, 0.3) is 11.5 Å². The Hall–Kier alpha value is -3.33. The van der Waals surface area contributed by atoms with Crippen LogP contribution < -0.4 is 4.74 Å². The fourth-order valence-corrected chi connectivity index (χ4v) is 4.19. The van der Waals surface area contributed by atoms with Gasteiger partial charge in [0.1, 0.15) is 18.4 Å². The van der Waals surface area contributed by atoms with E-state index in [-0.39, 0.29) is 24.5 Å². The van der Waals surface area contributed by atoms with Crippen molar-refractivity contribution < 1.29 is 31.9 Å². The van der Waals surface area contributed by atoms with Gasteiger partial charge < -0.3 is 13.9 Å². The van der Waals surface area contributed by atoms with Crippen LogP contribution in [-0.4, -0.2) is 35.5 Å². The molecular weight excluding hydrogens is 461 g/mol. The fourth-order valence-electron chi connectivity index (χ4n) is 4.19. The molecule has 6 nitrogen and oxygen atoms in total. The molecule has 1 atom stereocenters. The molecule has 186 valence electrons. The van der Waals surface area contributed by atoms with Gasteiger partial charge in [-0.25, -0.2) is 4.98 Å². The van der Waals surface area contributed by atoms with E-state index in [4.69, 9.17) is 13.9 Å². The molecule has 2 aromatic carbocycles. The number of hydrogen-bond donors (Lipinski definition) is 0. The van der Waals surface area contributed by atoms with Crippen LogP contribution in [0.2, 0.25) is 0 Å². The quantitative estimate of drug-likeness (QED) is 0.393. The van der Waals surface area contributed by atoms with Crippen molar-refractivity contribution in [2.45, 2.75) is 51.6 Å². The van der Waals surface area contributed by atoms with Gasteiger partial charge in [-0.2, -0.15) is 13.2 Å². The Morgan fingerprint density at radius 2 is 1.94 bits per heavy atom. The standard InChI is InChI=1S/C26H27F3N2O4/c1-17-23(35-24(30-17)19-9-11-20(12-10-19)26(27,28)29)16-34-21-7-5-6-18(14-21)15-31-13-4-3-8-22(31)25(32)33-2/h5-7,9-12,14,22H,3-4,8,13,15-16H2,1-2H3/t22-/m1/s1. The normalized spacial score (nSPS) is 16.8. The molecule has 3 aromatic rings. The molecule has 1 aliphatic heterocycles. The van der Waals surface area contributed by atoms with Gasteiger partial charge in [0, 0.05) is 12.1 Å². The zero-order chi connectivity index (χ0) is 25.0. The number of aromatic nitrogens is 1. The van der Waals surface area contributed by atoms with Gasteiger partial charge in [0.05, 0.1) is 18.4 Å². The molecule has 0 saturated carbocycles. The third kappa shape index (κ3) is 6.03. The van der Waals surface area contributed by atoms with Crippen LogP contribution in [0.3, 0.4) is 0 Å². The number of hydrogen-bond acceptors (Lipinski definition) is 6. The Morgan fingerprint density at radius 3 is 2.66 bits per heavy atom. The zero-order valence-corrected chi connectivity index (χ0v) is 19.6. The summed E-state index contributed by atoms with van der Waals surface area (Å²) < 4.78 is 55.1. The highest BCUT2D eigenvalue weighted by molar-refractivity contribution is 5.75. The largest absolute Gasteiger partial charge is 0.486 e. The molecule has 4 rings (SSSR count). The van der Waals surface area contributed by atoms with Gasteiger partial charge in [0.15, 0.2) is 5.76 Å². The van der Waals surface area contributed by atoms with Gasteiger partial charge in [-0.3, -0.25) is 9.69 Å². The van der Waals surface area contributed by atoms with E-state index in [0.29, 0.717) is 29.3 Å². The van der Waals surface area contributed by atoms with Crippen molar-refractivity contribution in [1.82, 2.24) is 9.88 Å². The van der Waals surface area contributed by atoms with Crippen LogP contribution in [0, 0.1) is 6.92 Å². The molecule has 0 N–H and O–H groups in total. The van der Waals surface area contributed by atoms with Gasteiger partial charge >= 0.3 is 12.1 Å². The third-order valence-electron chi connectivity index (χ3n) is 6.09. The lowest BCUT2D eigenvalue weighted by atomic mass is 10.0. The Morgan fingerprint density at radius 1 is 1.17 bits per heavy atom. The first-order chi connectivity index (χ1) is 16.7. The van der Waals surface area contributed by atoms with E-state index >= 15 is 0 Å². The minimum atomic E-state index is -4.40. The smallest absolute Gasteiger partial charge is 0.416 e. The number of aryl methyl sites for hydroxylation is 1. The average Bonchev–Trinajstić information content (AvgIpc) is 3.23. The maximum atomic E-state index is 12.8.